The highest BCUT2D eigenvalue weighted by molar-refractivity contribution is 6.81. The Kier molecular flexibility index (Phi) is 5.10. The molecule has 0 heterocycles. The first-order valence-corrected chi connectivity index (χ1v) is 8.66. The molecular weight excluding hydrogens is 188 g/mol. The van der Waals surface area contributed by atoms with Gasteiger partial charge in [-0.15, -0.1) is 0 Å². The Morgan fingerprint density at radius 1 is 1.29 bits per heavy atom. The van der Waals surface area contributed by atoms with E-state index in [4.69, 9.17) is 0 Å². The van der Waals surface area contributed by atoms with Crippen LogP contribution in [0.25, 0.3) is 0 Å². The molecule has 0 aromatic rings. The SMILES string of the molecule is CCC/C=C/[C@H](O)[Si](C)(C)C(C)(C)C. The van der Waals surface area contributed by atoms with Crippen molar-refractivity contribution in [2.24, 2.45) is 0 Å². The van der Waals surface area contributed by atoms with E-state index < -0.39 is 8.07 Å². The summed E-state index contributed by atoms with van der Waals surface area (Å²) in [4.78, 5) is 0. The van der Waals surface area contributed by atoms with Crippen LogP contribution < -0.4 is 0 Å². The average Bonchev–Trinajstić information content (AvgIpc) is 2.02. The van der Waals surface area contributed by atoms with E-state index in [2.05, 4.69) is 46.9 Å². The molecule has 0 aromatic heterocycles. The largest absolute Gasteiger partial charge is 0.393 e. The van der Waals surface area contributed by atoms with E-state index in [1.54, 1.807) is 0 Å². The average molecular weight is 214 g/mol. The minimum absolute atomic E-state index is 0.214. The van der Waals surface area contributed by atoms with Crippen LogP contribution in [0, 0.1) is 0 Å². The van der Waals surface area contributed by atoms with Crippen LogP contribution in [-0.2, 0) is 0 Å². The maximum Gasteiger partial charge on any atom is 0.0914 e. The highest BCUT2D eigenvalue weighted by Crippen LogP contribution is 2.38. The molecule has 0 rings (SSSR count). The molecule has 14 heavy (non-hydrogen) atoms. The highest BCUT2D eigenvalue weighted by atomic mass is 28.3. The third-order valence-corrected chi connectivity index (χ3v) is 8.98. The van der Waals surface area contributed by atoms with Crippen molar-refractivity contribution in [3.05, 3.63) is 12.2 Å². The molecule has 2 heteroatoms. The van der Waals surface area contributed by atoms with E-state index >= 15 is 0 Å². The van der Waals surface area contributed by atoms with Gasteiger partial charge in [0.15, 0.2) is 0 Å². The summed E-state index contributed by atoms with van der Waals surface area (Å²) in [7, 11) is -1.59. The van der Waals surface area contributed by atoms with Gasteiger partial charge in [0.05, 0.1) is 13.8 Å². The molecule has 0 bridgehead atoms. The summed E-state index contributed by atoms with van der Waals surface area (Å²) in [5, 5.41) is 10.4. The predicted molar refractivity (Wildman–Crippen MR) is 67.3 cm³/mol. The maximum absolute atomic E-state index is 10.1. The van der Waals surface area contributed by atoms with Gasteiger partial charge in [-0.25, -0.2) is 0 Å². The van der Waals surface area contributed by atoms with Gasteiger partial charge in [0, 0.05) is 0 Å². The van der Waals surface area contributed by atoms with Crippen molar-refractivity contribution < 1.29 is 5.11 Å². The van der Waals surface area contributed by atoms with E-state index in [0.29, 0.717) is 0 Å². The molecular formula is C12H26OSi. The number of rotatable bonds is 4. The molecule has 0 aliphatic carbocycles. The fourth-order valence-corrected chi connectivity index (χ4v) is 2.58. The molecule has 0 aliphatic heterocycles. The second-order valence-electron chi connectivity index (χ2n) is 5.63. The Hall–Kier alpha value is -0.0831. The molecule has 0 aromatic carbocycles. The van der Waals surface area contributed by atoms with E-state index in [-0.39, 0.29) is 10.8 Å². The predicted octanol–water partition coefficient (Wildman–Crippen LogP) is 3.75. The van der Waals surface area contributed by atoms with Gasteiger partial charge in [-0.1, -0.05) is 59.4 Å². The first kappa shape index (κ1) is 13.9. The summed E-state index contributed by atoms with van der Waals surface area (Å²) in [5.41, 5.74) is -0.214. The fraction of sp³-hybridized carbons (Fsp3) is 0.833. The molecule has 1 nitrogen and oxygen atoms in total. The van der Waals surface area contributed by atoms with Crippen LogP contribution in [0.15, 0.2) is 12.2 Å². The zero-order valence-electron chi connectivity index (χ0n) is 10.6. The molecule has 0 fully saturated rings. The molecule has 0 radical (unpaired) electrons. The number of aliphatic hydroxyl groups is 1. The molecule has 0 unspecified atom stereocenters. The quantitative estimate of drug-likeness (QED) is 0.558. The van der Waals surface area contributed by atoms with Crippen molar-refractivity contribution in [1.29, 1.82) is 0 Å². The van der Waals surface area contributed by atoms with Crippen LogP contribution in [0.3, 0.4) is 0 Å². The number of hydrogen-bond donors (Lipinski definition) is 1. The molecule has 0 spiro atoms. The van der Waals surface area contributed by atoms with E-state index in [9.17, 15) is 5.11 Å². The third-order valence-electron chi connectivity index (χ3n) is 3.45. The highest BCUT2D eigenvalue weighted by Gasteiger charge is 2.40. The van der Waals surface area contributed by atoms with Gasteiger partial charge in [-0.05, 0) is 11.5 Å². The van der Waals surface area contributed by atoms with Gasteiger partial charge in [0.2, 0.25) is 0 Å². The Morgan fingerprint density at radius 3 is 2.14 bits per heavy atom. The second-order valence-corrected chi connectivity index (χ2v) is 11.2. The zero-order chi connectivity index (χ0) is 11.4. The molecule has 0 aliphatic rings. The van der Waals surface area contributed by atoms with Crippen LogP contribution in [0.4, 0.5) is 0 Å². The lowest BCUT2D eigenvalue weighted by atomic mass is 10.2. The lowest BCUT2D eigenvalue weighted by molar-refractivity contribution is 0.283. The summed E-state index contributed by atoms with van der Waals surface area (Å²) < 4.78 is 0. The monoisotopic (exact) mass is 214 g/mol. The summed E-state index contributed by atoms with van der Waals surface area (Å²) in [6, 6.07) is 0. The Balaban J connectivity index is 4.43. The summed E-state index contributed by atoms with van der Waals surface area (Å²) >= 11 is 0. The van der Waals surface area contributed by atoms with Gasteiger partial charge in [-0.2, -0.15) is 0 Å². The topological polar surface area (TPSA) is 20.2 Å². The lowest BCUT2D eigenvalue weighted by Crippen LogP contribution is -2.48. The van der Waals surface area contributed by atoms with Crippen LogP contribution in [0.1, 0.15) is 40.5 Å². The van der Waals surface area contributed by atoms with Crippen molar-refractivity contribution in [2.45, 2.75) is 64.4 Å². The van der Waals surface area contributed by atoms with Crippen LogP contribution in [0.2, 0.25) is 18.1 Å². The normalized spacial score (nSPS) is 16.2. The number of allylic oxidation sites excluding steroid dienone is 1. The number of aliphatic hydroxyl groups excluding tert-OH is 1. The number of unbranched alkanes of at least 4 members (excludes halogenated alkanes) is 1. The number of hydrogen-bond acceptors (Lipinski definition) is 1. The summed E-state index contributed by atoms with van der Waals surface area (Å²) in [6.45, 7) is 13.4. The smallest absolute Gasteiger partial charge is 0.0914 e. The molecule has 1 atom stereocenters. The third kappa shape index (κ3) is 3.58. The van der Waals surface area contributed by atoms with Crippen molar-refractivity contribution in [1.82, 2.24) is 0 Å². The zero-order valence-corrected chi connectivity index (χ0v) is 11.6. The van der Waals surface area contributed by atoms with Crippen molar-refractivity contribution >= 4 is 8.07 Å². The van der Waals surface area contributed by atoms with Gasteiger partial charge in [-0.3, -0.25) is 0 Å². The van der Waals surface area contributed by atoms with E-state index in [0.717, 1.165) is 12.8 Å². The van der Waals surface area contributed by atoms with Crippen LogP contribution in [0.5, 0.6) is 0 Å². The standard InChI is InChI=1S/C12H26OSi/c1-7-8-9-10-11(13)14(5,6)12(2,3)4/h9-11,13H,7-8H2,1-6H3/b10-9+/t11-/m1/s1. The molecule has 1 N–H and O–H groups in total. The first-order valence-electron chi connectivity index (χ1n) is 5.58. The van der Waals surface area contributed by atoms with Gasteiger partial charge in [0.25, 0.3) is 0 Å². The second kappa shape index (κ2) is 5.13. The Bertz CT molecular complexity index is 189. The van der Waals surface area contributed by atoms with Crippen molar-refractivity contribution in [3.63, 3.8) is 0 Å². The minimum atomic E-state index is -1.59. The fourth-order valence-electron chi connectivity index (χ4n) is 1.08. The van der Waals surface area contributed by atoms with E-state index in [1.807, 2.05) is 6.08 Å². The summed E-state index contributed by atoms with van der Waals surface area (Å²) in [6.07, 6.45) is 6.35. The maximum atomic E-state index is 10.1. The first-order chi connectivity index (χ1) is 6.23. The molecule has 0 amide bonds. The summed E-state index contributed by atoms with van der Waals surface area (Å²) in [5.74, 6) is 0. The molecule has 0 saturated heterocycles. The minimum Gasteiger partial charge on any atom is -0.393 e. The Morgan fingerprint density at radius 2 is 1.79 bits per heavy atom. The Labute approximate surface area is 90.2 Å². The lowest BCUT2D eigenvalue weighted by Gasteiger charge is -2.39. The van der Waals surface area contributed by atoms with Crippen LogP contribution >= 0.6 is 0 Å². The van der Waals surface area contributed by atoms with Gasteiger partial charge >= 0.3 is 0 Å². The molecule has 84 valence electrons. The van der Waals surface area contributed by atoms with Crippen molar-refractivity contribution in [2.75, 3.05) is 0 Å². The van der Waals surface area contributed by atoms with Crippen molar-refractivity contribution in [3.8, 4) is 0 Å². The van der Waals surface area contributed by atoms with Gasteiger partial charge < -0.3 is 5.11 Å². The van der Waals surface area contributed by atoms with Gasteiger partial charge in [0.1, 0.15) is 0 Å². The molecule has 0 saturated carbocycles. The van der Waals surface area contributed by atoms with Crippen LogP contribution in [-0.4, -0.2) is 18.9 Å². The van der Waals surface area contributed by atoms with E-state index in [1.165, 1.54) is 0 Å².